The molecule has 19 heavy (non-hydrogen) atoms. The van der Waals surface area contributed by atoms with Crippen molar-refractivity contribution in [2.24, 2.45) is 5.16 Å². The number of ether oxygens (including phenoxy) is 1. The second kappa shape index (κ2) is 9.27. The Balaban J connectivity index is 0.00000324. The van der Waals surface area contributed by atoms with E-state index in [9.17, 15) is 4.79 Å². The number of hydrogen-bond donors (Lipinski definition) is 1. The molecule has 0 aliphatic rings. The Labute approximate surface area is 123 Å². The van der Waals surface area contributed by atoms with Gasteiger partial charge in [-0.05, 0) is 26.0 Å². The lowest BCUT2D eigenvalue weighted by Crippen LogP contribution is -3.00. The molecule has 0 saturated carbocycles. The average molecular weight is 329 g/mol. The second-order valence-electron chi connectivity index (χ2n) is 3.63. The molecular formula is C13H17BrN2O3. The molecule has 0 unspecified atom stereocenters. The fraction of sp³-hybridized carbons (Fsp3) is 0.308. The van der Waals surface area contributed by atoms with E-state index in [2.05, 4.69) is 5.16 Å². The molecule has 0 amide bonds. The lowest BCUT2D eigenvalue weighted by atomic mass is 10.2. The lowest BCUT2D eigenvalue weighted by molar-refractivity contribution is -0.687. The monoisotopic (exact) mass is 328 g/mol. The van der Waals surface area contributed by atoms with Crippen molar-refractivity contribution in [3.63, 3.8) is 0 Å². The zero-order chi connectivity index (χ0) is 13.4. The molecular weight excluding hydrogens is 312 g/mol. The Bertz CT molecular complexity index is 473. The average Bonchev–Trinajstić information content (AvgIpc) is 2.38. The van der Waals surface area contributed by atoms with Gasteiger partial charge in [0.25, 0.3) is 0 Å². The zero-order valence-corrected chi connectivity index (χ0v) is 12.5. The molecule has 1 aromatic rings. The summed E-state index contributed by atoms with van der Waals surface area (Å²) >= 11 is 0. The van der Waals surface area contributed by atoms with Gasteiger partial charge >= 0.3 is 5.97 Å². The highest BCUT2D eigenvalue weighted by atomic mass is 79.9. The lowest BCUT2D eigenvalue weighted by Gasteiger charge is -1.97. The van der Waals surface area contributed by atoms with Crippen molar-refractivity contribution in [2.75, 3.05) is 6.61 Å². The van der Waals surface area contributed by atoms with Gasteiger partial charge in [0, 0.05) is 12.1 Å². The van der Waals surface area contributed by atoms with Gasteiger partial charge in [0.15, 0.2) is 18.9 Å². The van der Waals surface area contributed by atoms with Crippen LogP contribution in [0.3, 0.4) is 0 Å². The Morgan fingerprint density at radius 3 is 2.95 bits per heavy atom. The minimum Gasteiger partial charge on any atom is -1.00 e. The summed E-state index contributed by atoms with van der Waals surface area (Å²) < 4.78 is 6.65. The van der Waals surface area contributed by atoms with Crippen LogP contribution in [0.25, 0.3) is 0 Å². The van der Waals surface area contributed by atoms with Gasteiger partial charge in [0.1, 0.15) is 0 Å². The number of carbonyl (C=O) groups is 1. The molecule has 1 N–H and O–H groups in total. The van der Waals surface area contributed by atoms with E-state index in [0.717, 1.165) is 5.56 Å². The van der Waals surface area contributed by atoms with E-state index in [1.807, 2.05) is 29.1 Å². The number of allylic oxidation sites excluding steroid dienone is 1. The molecule has 0 aliphatic carbocycles. The van der Waals surface area contributed by atoms with Crippen LogP contribution in [0.15, 0.2) is 41.8 Å². The van der Waals surface area contributed by atoms with Gasteiger partial charge in [0.05, 0.1) is 17.9 Å². The number of nitrogens with zero attached hydrogens (tertiary/aromatic N) is 2. The molecule has 0 radical (unpaired) electrons. The highest BCUT2D eigenvalue weighted by Gasteiger charge is 2.04. The normalized spacial score (nSPS) is 11.2. The van der Waals surface area contributed by atoms with Crippen molar-refractivity contribution in [2.45, 2.75) is 20.4 Å². The van der Waals surface area contributed by atoms with E-state index < -0.39 is 0 Å². The SMILES string of the molecule is CCOC(=O)/C=C/C[n+]1cccc(/C(C)=N/O)c1.[Br-]. The highest BCUT2D eigenvalue weighted by molar-refractivity contribution is 5.97. The van der Waals surface area contributed by atoms with Crippen LogP contribution in [0, 0.1) is 0 Å². The third kappa shape index (κ3) is 6.15. The summed E-state index contributed by atoms with van der Waals surface area (Å²) in [7, 11) is 0. The third-order valence-electron chi connectivity index (χ3n) is 2.28. The predicted molar refractivity (Wildman–Crippen MR) is 66.4 cm³/mol. The van der Waals surface area contributed by atoms with Gasteiger partial charge in [-0.1, -0.05) is 5.16 Å². The van der Waals surface area contributed by atoms with Crippen LogP contribution < -0.4 is 21.5 Å². The van der Waals surface area contributed by atoms with Crippen LogP contribution in [0.5, 0.6) is 0 Å². The van der Waals surface area contributed by atoms with Crippen LogP contribution in [0.1, 0.15) is 19.4 Å². The molecule has 0 aromatic carbocycles. The number of rotatable bonds is 5. The van der Waals surface area contributed by atoms with Crippen molar-refractivity contribution in [1.82, 2.24) is 0 Å². The van der Waals surface area contributed by atoms with E-state index in [1.165, 1.54) is 6.08 Å². The standard InChI is InChI=1S/C13H16N2O3.BrH/c1-3-18-13(16)7-5-9-15-8-4-6-12(10-15)11(2)14-17;/h4-8,10H,3,9H2,1-2H3;1H/b7-5+,14-11+;. The summed E-state index contributed by atoms with van der Waals surface area (Å²) in [5.74, 6) is -0.345. The summed E-state index contributed by atoms with van der Waals surface area (Å²) in [5, 5.41) is 11.8. The van der Waals surface area contributed by atoms with Crippen molar-refractivity contribution < 1.29 is 36.3 Å². The highest BCUT2D eigenvalue weighted by Crippen LogP contribution is 1.96. The first-order chi connectivity index (χ1) is 8.67. The topological polar surface area (TPSA) is 62.8 Å². The van der Waals surface area contributed by atoms with Gasteiger partial charge in [0.2, 0.25) is 0 Å². The Hall–Kier alpha value is -1.69. The number of oxime groups is 1. The van der Waals surface area contributed by atoms with Gasteiger partial charge in [-0.3, -0.25) is 0 Å². The molecule has 0 fully saturated rings. The predicted octanol–water partition coefficient (Wildman–Crippen LogP) is -1.70. The van der Waals surface area contributed by atoms with Crippen molar-refractivity contribution in [3.05, 3.63) is 42.2 Å². The number of esters is 1. The molecule has 0 spiro atoms. The van der Waals surface area contributed by atoms with Crippen LogP contribution in [0.4, 0.5) is 0 Å². The number of aromatic nitrogens is 1. The molecule has 0 aliphatic heterocycles. The number of carbonyl (C=O) groups excluding carboxylic acids is 1. The molecule has 6 heteroatoms. The summed E-state index contributed by atoms with van der Waals surface area (Å²) in [6.07, 6.45) is 6.82. The fourth-order valence-corrected chi connectivity index (χ4v) is 1.37. The fourth-order valence-electron chi connectivity index (χ4n) is 1.37. The summed E-state index contributed by atoms with van der Waals surface area (Å²) in [6.45, 7) is 4.40. The number of halogens is 1. The maximum Gasteiger partial charge on any atom is 0.330 e. The Morgan fingerprint density at radius 2 is 2.32 bits per heavy atom. The van der Waals surface area contributed by atoms with Crippen LogP contribution in [-0.4, -0.2) is 23.5 Å². The second-order valence-corrected chi connectivity index (χ2v) is 3.63. The van der Waals surface area contributed by atoms with Gasteiger partial charge in [-0.2, -0.15) is 0 Å². The molecule has 1 rings (SSSR count). The number of hydrogen-bond acceptors (Lipinski definition) is 4. The summed E-state index contributed by atoms with van der Waals surface area (Å²) in [4.78, 5) is 11.1. The Kier molecular flexibility index (Phi) is 8.44. The zero-order valence-electron chi connectivity index (χ0n) is 10.9. The van der Waals surface area contributed by atoms with E-state index in [0.29, 0.717) is 18.9 Å². The summed E-state index contributed by atoms with van der Waals surface area (Å²) in [5.41, 5.74) is 1.36. The Morgan fingerprint density at radius 1 is 1.58 bits per heavy atom. The molecule has 5 nitrogen and oxygen atoms in total. The molecule has 104 valence electrons. The maximum absolute atomic E-state index is 11.1. The van der Waals surface area contributed by atoms with E-state index in [-0.39, 0.29) is 23.0 Å². The minimum atomic E-state index is -0.345. The first-order valence-electron chi connectivity index (χ1n) is 5.68. The van der Waals surface area contributed by atoms with Crippen LogP contribution >= 0.6 is 0 Å². The van der Waals surface area contributed by atoms with Crippen molar-refractivity contribution in [3.8, 4) is 0 Å². The van der Waals surface area contributed by atoms with Gasteiger partial charge < -0.3 is 26.9 Å². The molecule has 0 bridgehead atoms. The first-order valence-corrected chi connectivity index (χ1v) is 5.68. The van der Waals surface area contributed by atoms with Crippen LogP contribution in [0.2, 0.25) is 0 Å². The van der Waals surface area contributed by atoms with E-state index in [4.69, 9.17) is 9.94 Å². The molecule has 0 saturated heterocycles. The molecule has 1 aromatic heterocycles. The summed E-state index contributed by atoms with van der Waals surface area (Å²) in [6, 6.07) is 3.70. The molecule has 1 heterocycles. The van der Waals surface area contributed by atoms with Gasteiger partial charge in [-0.25, -0.2) is 9.36 Å². The van der Waals surface area contributed by atoms with Gasteiger partial charge in [-0.15, -0.1) is 0 Å². The van der Waals surface area contributed by atoms with E-state index >= 15 is 0 Å². The van der Waals surface area contributed by atoms with Crippen LogP contribution in [-0.2, 0) is 16.1 Å². The third-order valence-corrected chi connectivity index (χ3v) is 2.28. The minimum absolute atomic E-state index is 0. The van der Waals surface area contributed by atoms with Crippen molar-refractivity contribution in [1.29, 1.82) is 0 Å². The molecule has 0 atom stereocenters. The quantitative estimate of drug-likeness (QED) is 0.175. The largest absolute Gasteiger partial charge is 1.00 e. The smallest absolute Gasteiger partial charge is 0.330 e. The van der Waals surface area contributed by atoms with Crippen molar-refractivity contribution >= 4 is 11.7 Å². The number of pyridine rings is 1. The maximum atomic E-state index is 11.1. The first kappa shape index (κ1) is 17.3. The van der Waals surface area contributed by atoms with E-state index in [1.54, 1.807) is 19.9 Å².